The number of aromatic nitrogens is 2. The molecule has 0 aliphatic rings. The highest BCUT2D eigenvalue weighted by atomic mass is 15.3. The maximum absolute atomic E-state index is 5.40. The fourth-order valence-corrected chi connectivity index (χ4v) is 1.95. The molecule has 1 aromatic heterocycles. The van der Waals surface area contributed by atoms with Crippen molar-refractivity contribution in [3.63, 3.8) is 0 Å². The zero-order valence-electron chi connectivity index (χ0n) is 10.5. The van der Waals surface area contributed by atoms with Gasteiger partial charge in [-0.15, -0.1) is 0 Å². The Morgan fingerprint density at radius 2 is 2.00 bits per heavy atom. The number of nitrogens with two attached hydrogens (primary N) is 1. The van der Waals surface area contributed by atoms with Gasteiger partial charge in [-0.1, -0.05) is 13.8 Å². The van der Waals surface area contributed by atoms with Crippen molar-refractivity contribution in [1.82, 2.24) is 9.97 Å². The van der Waals surface area contributed by atoms with Gasteiger partial charge in [-0.3, -0.25) is 0 Å². The number of nitrogens with zero attached hydrogens (tertiary/aromatic N) is 3. The van der Waals surface area contributed by atoms with Crippen molar-refractivity contribution >= 4 is 11.6 Å². The van der Waals surface area contributed by atoms with Crippen LogP contribution in [0.2, 0.25) is 0 Å². The van der Waals surface area contributed by atoms with Crippen LogP contribution in [-0.4, -0.2) is 23.1 Å². The molecule has 5 heteroatoms. The van der Waals surface area contributed by atoms with Gasteiger partial charge in [0.2, 0.25) is 0 Å². The molecule has 0 fully saturated rings. The molecule has 0 spiro atoms. The average Bonchev–Trinajstić information content (AvgIpc) is 2.30. The van der Waals surface area contributed by atoms with Crippen LogP contribution in [-0.2, 0) is 0 Å². The highest BCUT2D eigenvalue weighted by Crippen LogP contribution is 2.23. The SMILES string of the molecule is CCC(CC)N(C)c1ncnc(NN)c1C. The number of hydrogen-bond donors (Lipinski definition) is 2. The average molecular weight is 223 g/mol. The summed E-state index contributed by atoms with van der Waals surface area (Å²) in [7, 11) is 2.06. The summed E-state index contributed by atoms with van der Waals surface area (Å²) in [6.07, 6.45) is 3.74. The van der Waals surface area contributed by atoms with Crippen molar-refractivity contribution in [2.75, 3.05) is 17.4 Å². The molecule has 1 heterocycles. The molecule has 0 radical (unpaired) electrons. The van der Waals surface area contributed by atoms with Gasteiger partial charge in [0.05, 0.1) is 0 Å². The zero-order valence-corrected chi connectivity index (χ0v) is 10.5. The standard InChI is InChI=1S/C11H21N5/c1-5-9(6-2)16(4)11-8(3)10(15-12)13-7-14-11/h7,9H,5-6,12H2,1-4H3,(H,13,14,15). The maximum atomic E-state index is 5.40. The predicted octanol–water partition coefficient (Wildman–Crippen LogP) is 1.70. The first-order valence-electron chi connectivity index (χ1n) is 5.66. The highest BCUT2D eigenvalue weighted by molar-refractivity contribution is 5.57. The first kappa shape index (κ1) is 12.7. The minimum absolute atomic E-state index is 0.499. The summed E-state index contributed by atoms with van der Waals surface area (Å²) < 4.78 is 0. The summed E-state index contributed by atoms with van der Waals surface area (Å²) in [4.78, 5) is 10.6. The van der Waals surface area contributed by atoms with E-state index in [1.165, 1.54) is 6.33 Å². The van der Waals surface area contributed by atoms with Crippen LogP contribution in [0.4, 0.5) is 11.6 Å². The molecular formula is C11H21N5. The first-order chi connectivity index (χ1) is 7.65. The van der Waals surface area contributed by atoms with Gasteiger partial charge in [0.15, 0.2) is 0 Å². The van der Waals surface area contributed by atoms with Crippen molar-refractivity contribution in [1.29, 1.82) is 0 Å². The molecule has 0 aromatic carbocycles. The smallest absolute Gasteiger partial charge is 0.148 e. The van der Waals surface area contributed by atoms with Gasteiger partial charge in [0.1, 0.15) is 18.0 Å². The second-order valence-electron chi connectivity index (χ2n) is 3.90. The summed E-state index contributed by atoms with van der Waals surface area (Å²) in [6, 6.07) is 0.499. The summed E-state index contributed by atoms with van der Waals surface area (Å²) in [6.45, 7) is 6.34. The topological polar surface area (TPSA) is 67.1 Å². The molecule has 0 unspecified atom stereocenters. The second-order valence-corrected chi connectivity index (χ2v) is 3.90. The third-order valence-electron chi connectivity index (χ3n) is 3.02. The summed E-state index contributed by atoms with van der Waals surface area (Å²) in [5, 5.41) is 0. The molecule has 3 N–H and O–H groups in total. The van der Waals surface area contributed by atoms with Crippen molar-refractivity contribution in [3.8, 4) is 0 Å². The van der Waals surface area contributed by atoms with E-state index in [1.54, 1.807) is 0 Å². The first-order valence-corrected chi connectivity index (χ1v) is 5.66. The van der Waals surface area contributed by atoms with Gasteiger partial charge in [0, 0.05) is 18.7 Å². The van der Waals surface area contributed by atoms with E-state index < -0.39 is 0 Å². The summed E-state index contributed by atoms with van der Waals surface area (Å²) in [5.41, 5.74) is 3.57. The molecule has 0 amide bonds. The maximum Gasteiger partial charge on any atom is 0.148 e. The van der Waals surface area contributed by atoms with Crippen LogP contribution in [0.25, 0.3) is 0 Å². The Bertz CT molecular complexity index is 335. The lowest BCUT2D eigenvalue weighted by Crippen LogP contribution is -2.32. The van der Waals surface area contributed by atoms with Crippen molar-refractivity contribution < 1.29 is 0 Å². The summed E-state index contributed by atoms with van der Waals surface area (Å²) in [5.74, 6) is 7.03. The number of hydrogen-bond acceptors (Lipinski definition) is 5. The van der Waals surface area contributed by atoms with Crippen molar-refractivity contribution in [2.24, 2.45) is 5.84 Å². The Hall–Kier alpha value is -1.36. The Labute approximate surface area is 97.0 Å². The third kappa shape index (κ3) is 2.41. The number of hydrazine groups is 1. The predicted molar refractivity (Wildman–Crippen MR) is 67.4 cm³/mol. The Morgan fingerprint density at radius 3 is 2.50 bits per heavy atom. The molecule has 0 bridgehead atoms. The normalized spacial score (nSPS) is 10.6. The fourth-order valence-electron chi connectivity index (χ4n) is 1.95. The molecule has 16 heavy (non-hydrogen) atoms. The minimum Gasteiger partial charge on any atom is -0.356 e. The van der Waals surface area contributed by atoms with Crippen molar-refractivity contribution in [3.05, 3.63) is 11.9 Å². The second kappa shape index (κ2) is 5.65. The van der Waals surface area contributed by atoms with E-state index in [2.05, 4.69) is 41.2 Å². The fraction of sp³-hybridized carbons (Fsp3) is 0.636. The van der Waals surface area contributed by atoms with E-state index in [9.17, 15) is 0 Å². The molecule has 1 aromatic rings. The van der Waals surface area contributed by atoms with E-state index in [1.807, 2.05) is 6.92 Å². The lowest BCUT2D eigenvalue weighted by Gasteiger charge is -2.28. The number of nitrogens with one attached hydrogen (secondary N) is 1. The molecule has 0 aliphatic heterocycles. The minimum atomic E-state index is 0.499. The van der Waals surface area contributed by atoms with Gasteiger partial charge in [-0.05, 0) is 19.8 Å². The van der Waals surface area contributed by atoms with Crippen LogP contribution in [0.1, 0.15) is 32.3 Å². The molecule has 1 rings (SSSR count). The highest BCUT2D eigenvalue weighted by Gasteiger charge is 2.16. The van der Waals surface area contributed by atoms with Gasteiger partial charge in [-0.25, -0.2) is 15.8 Å². The Kier molecular flexibility index (Phi) is 4.49. The van der Waals surface area contributed by atoms with Gasteiger partial charge < -0.3 is 10.3 Å². The van der Waals surface area contributed by atoms with Crippen LogP contribution < -0.4 is 16.2 Å². The molecule has 0 atom stereocenters. The van der Waals surface area contributed by atoms with Crippen LogP contribution in [0.15, 0.2) is 6.33 Å². The van der Waals surface area contributed by atoms with E-state index in [4.69, 9.17) is 5.84 Å². The van der Waals surface area contributed by atoms with Gasteiger partial charge >= 0.3 is 0 Å². The van der Waals surface area contributed by atoms with Crippen LogP contribution >= 0.6 is 0 Å². The Morgan fingerprint density at radius 1 is 1.38 bits per heavy atom. The third-order valence-corrected chi connectivity index (χ3v) is 3.02. The molecule has 0 aliphatic carbocycles. The summed E-state index contributed by atoms with van der Waals surface area (Å²) >= 11 is 0. The lowest BCUT2D eigenvalue weighted by atomic mass is 10.1. The number of rotatable bonds is 5. The molecule has 90 valence electrons. The Balaban J connectivity index is 3.03. The lowest BCUT2D eigenvalue weighted by molar-refractivity contribution is 0.585. The number of nitrogen functional groups attached to an aromatic ring is 1. The number of anilines is 2. The van der Waals surface area contributed by atoms with Gasteiger partial charge in [-0.2, -0.15) is 0 Å². The van der Waals surface area contributed by atoms with E-state index in [0.717, 1.165) is 24.2 Å². The van der Waals surface area contributed by atoms with E-state index >= 15 is 0 Å². The van der Waals surface area contributed by atoms with E-state index in [0.29, 0.717) is 11.9 Å². The van der Waals surface area contributed by atoms with E-state index in [-0.39, 0.29) is 0 Å². The molecular weight excluding hydrogens is 202 g/mol. The quantitative estimate of drug-likeness (QED) is 0.587. The van der Waals surface area contributed by atoms with Crippen LogP contribution in [0, 0.1) is 6.92 Å². The molecule has 5 nitrogen and oxygen atoms in total. The van der Waals surface area contributed by atoms with Crippen molar-refractivity contribution in [2.45, 2.75) is 39.7 Å². The molecule has 0 saturated heterocycles. The largest absolute Gasteiger partial charge is 0.356 e. The van der Waals surface area contributed by atoms with Gasteiger partial charge in [0.25, 0.3) is 0 Å². The van der Waals surface area contributed by atoms with Crippen LogP contribution in [0.3, 0.4) is 0 Å². The van der Waals surface area contributed by atoms with Crippen LogP contribution in [0.5, 0.6) is 0 Å². The molecule has 0 saturated carbocycles. The zero-order chi connectivity index (χ0) is 12.1. The monoisotopic (exact) mass is 223 g/mol.